The zero-order valence-electron chi connectivity index (χ0n) is 11.0. The standard InChI is InChI=1S/C14H28N2/c1-3-12-6-8-16(9-7-12)11-13-4-5-14(10-13)15-2/h12-15H,3-11H2,1-2H3. The summed E-state index contributed by atoms with van der Waals surface area (Å²) >= 11 is 0. The van der Waals surface area contributed by atoms with Gasteiger partial charge in [-0.25, -0.2) is 0 Å². The van der Waals surface area contributed by atoms with E-state index in [2.05, 4.69) is 24.2 Å². The van der Waals surface area contributed by atoms with E-state index >= 15 is 0 Å². The second-order valence-electron chi connectivity index (χ2n) is 5.82. The molecule has 2 heteroatoms. The third kappa shape index (κ3) is 3.21. The Morgan fingerprint density at radius 3 is 2.38 bits per heavy atom. The molecule has 0 aromatic heterocycles. The van der Waals surface area contributed by atoms with Crippen LogP contribution in [0.4, 0.5) is 0 Å². The fourth-order valence-electron chi connectivity index (χ4n) is 3.45. The van der Waals surface area contributed by atoms with Crippen molar-refractivity contribution in [3.8, 4) is 0 Å². The van der Waals surface area contributed by atoms with Crippen molar-refractivity contribution < 1.29 is 0 Å². The predicted molar refractivity (Wildman–Crippen MR) is 69.6 cm³/mol. The molecular formula is C14H28N2. The van der Waals surface area contributed by atoms with Crippen molar-refractivity contribution in [3.05, 3.63) is 0 Å². The minimum Gasteiger partial charge on any atom is -0.317 e. The Balaban J connectivity index is 1.67. The maximum atomic E-state index is 3.43. The molecule has 0 bridgehead atoms. The molecule has 2 unspecified atom stereocenters. The van der Waals surface area contributed by atoms with Gasteiger partial charge in [0.1, 0.15) is 0 Å². The summed E-state index contributed by atoms with van der Waals surface area (Å²) in [5.41, 5.74) is 0. The van der Waals surface area contributed by atoms with Crippen LogP contribution in [0, 0.1) is 11.8 Å². The third-order valence-corrected chi connectivity index (χ3v) is 4.75. The molecule has 0 spiro atoms. The number of nitrogens with one attached hydrogen (secondary N) is 1. The third-order valence-electron chi connectivity index (χ3n) is 4.75. The minimum atomic E-state index is 0.804. The van der Waals surface area contributed by atoms with Crippen LogP contribution >= 0.6 is 0 Å². The second-order valence-corrected chi connectivity index (χ2v) is 5.82. The average molecular weight is 224 g/mol. The first-order valence-electron chi connectivity index (χ1n) is 7.21. The summed E-state index contributed by atoms with van der Waals surface area (Å²) in [6, 6.07) is 0.804. The van der Waals surface area contributed by atoms with Gasteiger partial charge in [-0.1, -0.05) is 13.3 Å². The van der Waals surface area contributed by atoms with Gasteiger partial charge < -0.3 is 10.2 Å². The normalized spacial score (nSPS) is 33.4. The van der Waals surface area contributed by atoms with Gasteiger partial charge in [0.15, 0.2) is 0 Å². The highest BCUT2D eigenvalue weighted by Gasteiger charge is 2.26. The lowest BCUT2D eigenvalue weighted by Gasteiger charge is -2.33. The maximum Gasteiger partial charge on any atom is 0.00672 e. The molecule has 1 saturated heterocycles. The molecule has 0 amide bonds. The van der Waals surface area contributed by atoms with Crippen molar-refractivity contribution in [2.75, 3.05) is 26.7 Å². The Hall–Kier alpha value is -0.0800. The molecule has 2 atom stereocenters. The summed E-state index contributed by atoms with van der Waals surface area (Å²) in [5, 5.41) is 3.43. The molecule has 16 heavy (non-hydrogen) atoms. The van der Waals surface area contributed by atoms with E-state index in [1.807, 2.05) is 0 Å². The molecular weight excluding hydrogens is 196 g/mol. The van der Waals surface area contributed by atoms with Crippen LogP contribution in [0.2, 0.25) is 0 Å². The number of likely N-dealkylation sites (tertiary alicyclic amines) is 1. The first-order valence-corrected chi connectivity index (χ1v) is 7.21. The smallest absolute Gasteiger partial charge is 0.00672 e. The minimum absolute atomic E-state index is 0.804. The van der Waals surface area contributed by atoms with Crippen LogP contribution in [-0.2, 0) is 0 Å². The van der Waals surface area contributed by atoms with Crippen LogP contribution in [0.25, 0.3) is 0 Å². The molecule has 0 radical (unpaired) electrons. The molecule has 1 saturated carbocycles. The van der Waals surface area contributed by atoms with Gasteiger partial charge in [0, 0.05) is 12.6 Å². The van der Waals surface area contributed by atoms with Gasteiger partial charge in [-0.3, -0.25) is 0 Å². The van der Waals surface area contributed by atoms with Crippen LogP contribution < -0.4 is 5.32 Å². The first kappa shape index (κ1) is 12.4. The Morgan fingerprint density at radius 2 is 1.81 bits per heavy atom. The summed E-state index contributed by atoms with van der Waals surface area (Å²) < 4.78 is 0. The van der Waals surface area contributed by atoms with Crippen LogP contribution in [0.5, 0.6) is 0 Å². The average Bonchev–Trinajstić information content (AvgIpc) is 2.78. The highest BCUT2D eigenvalue weighted by molar-refractivity contribution is 4.82. The number of nitrogens with zero attached hydrogens (tertiary/aromatic N) is 1. The van der Waals surface area contributed by atoms with Crippen molar-refractivity contribution in [2.24, 2.45) is 11.8 Å². The van der Waals surface area contributed by atoms with Gasteiger partial charge in [-0.15, -0.1) is 0 Å². The predicted octanol–water partition coefficient (Wildman–Crippen LogP) is 2.50. The maximum absolute atomic E-state index is 3.43. The van der Waals surface area contributed by atoms with E-state index < -0.39 is 0 Å². The highest BCUT2D eigenvalue weighted by atomic mass is 15.1. The molecule has 94 valence electrons. The lowest BCUT2D eigenvalue weighted by Crippen LogP contribution is -2.36. The van der Waals surface area contributed by atoms with Gasteiger partial charge in [-0.05, 0) is 64.1 Å². The lowest BCUT2D eigenvalue weighted by molar-refractivity contribution is 0.158. The van der Waals surface area contributed by atoms with Gasteiger partial charge in [0.2, 0.25) is 0 Å². The van der Waals surface area contributed by atoms with E-state index in [0.29, 0.717) is 0 Å². The fourth-order valence-corrected chi connectivity index (χ4v) is 3.45. The molecule has 1 aliphatic heterocycles. The molecule has 0 aromatic rings. The summed E-state index contributed by atoms with van der Waals surface area (Å²) in [4.78, 5) is 2.72. The molecule has 1 N–H and O–H groups in total. The molecule has 1 heterocycles. The molecule has 2 aliphatic rings. The Bertz CT molecular complexity index is 197. The largest absolute Gasteiger partial charge is 0.317 e. The Morgan fingerprint density at radius 1 is 1.06 bits per heavy atom. The fraction of sp³-hybridized carbons (Fsp3) is 1.00. The van der Waals surface area contributed by atoms with Crippen molar-refractivity contribution in [1.82, 2.24) is 10.2 Å². The summed E-state index contributed by atoms with van der Waals surface area (Å²) in [5.74, 6) is 1.99. The van der Waals surface area contributed by atoms with Crippen LogP contribution in [0.3, 0.4) is 0 Å². The van der Waals surface area contributed by atoms with Crippen molar-refractivity contribution >= 4 is 0 Å². The molecule has 2 nitrogen and oxygen atoms in total. The monoisotopic (exact) mass is 224 g/mol. The first-order chi connectivity index (χ1) is 7.81. The van der Waals surface area contributed by atoms with E-state index in [0.717, 1.165) is 17.9 Å². The SMILES string of the molecule is CCC1CCN(CC2CCC(NC)C2)CC1. The number of hydrogen-bond donors (Lipinski definition) is 1. The topological polar surface area (TPSA) is 15.3 Å². The number of rotatable bonds is 4. The zero-order valence-corrected chi connectivity index (χ0v) is 11.0. The van der Waals surface area contributed by atoms with Crippen molar-refractivity contribution in [3.63, 3.8) is 0 Å². The van der Waals surface area contributed by atoms with Gasteiger partial charge in [0.05, 0.1) is 0 Å². The number of piperidine rings is 1. The van der Waals surface area contributed by atoms with Gasteiger partial charge in [0.25, 0.3) is 0 Å². The highest BCUT2D eigenvalue weighted by Crippen LogP contribution is 2.28. The Kier molecular flexibility index (Phi) is 4.66. The lowest BCUT2D eigenvalue weighted by atomic mass is 9.93. The van der Waals surface area contributed by atoms with E-state index in [-0.39, 0.29) is 0 Å². The molecule has 2 rings (SSSR count). The van der Waals surface area contributed by atoms with E-state index in [1.165, 1.54) is 58.2 Å². The van der Waals surface area contributed by atoms with Crippen LogP contribution in [-0.4, -0.2) is 37.6 Å². The van der Waals surface area contributed by atoms with E-state index in [4.69, 9.17) is 0 Å². The molecule has 1 aliphatic carbocycles. The second kappa shape index (κ2) is 6.02. The summed E-state index contributed by atoms with van der Waals surface area (Å²) in [6.07, 6.45) is 8.52. The molecule has 0 aromatic carbocycles. The van der Waals surface area contributed by atoms with Gasteiger partial charge in [-0.2, -0.15) is 0 Å². The van der Waals surface area contributed by atoms with Crippen molar-refractivity contribution in [1.29, 1.82) is 0 Å². The number of hydrogen-bond acceptors (Lipinski definition) is 2. The summed E-state index contributed by atoms with van der Waals surface area (Å²) in [7, 11) is 2.11. The van der Waals surface area contributed by atoms with Gasteiger partial charge >= 0.3 is 0 Å². The molecule has 2 fully saturated rings. The summed E-state index contributed by atoms with van der Waals surface area (Å²) in [6.45, 7) is 6.43. The Labute approximate surface area is 101 Å². The van der Waals surface area contributed by atoms with E-state index in [9.17, 15) is 0 Å². The zero-order chi connectivity index (χ0) is 11.4. The van der Waals surface area contributed by atoms with Crippen molar-refractivity contribution in [2.45, 2.75) is 51.5 Å². The van der Waals surface area contributed by atoms with E-state index in [1.54, 1.807) is 0 Å². The van der Waals surface area contributed by atoms with Crippen LogP contribution in [0.15, 0.2) is 0 Å². The van der Waals surface area contributed by atoms with Crippen LogP contribution in [0.1, 0.15) is 45.4 Å². The quantitative estimate of drug-likeness (QED) is 0.789.